The molecule has 0 unspecified atom stereocenters. The highest BCUT2D eigenvalue weighted by molar-refractivity contribution is 7.92. The van der Waals surface area contributed by atoms with Gasteiger partial charge in [0.25, 0.3) is 10.0 Å². The number of anilines is 1. The van der Waals surface area contributed by atoms with E-state index in [9.17, 15) is 18.0 Å². The molecule has 0 fully saturated rings. The molecule has 224 valence electrons. The molecule has 8 nitrogen and oxygen atoms in total. The summed E-state index contributed by atoms with van der Waals surface area (Å²) in [4.78, 5) is 29.1. The van der Waals surface area contributed by atoms with Crippen LogP contribution >= 0.6 is 11.6 Å². The van der Waals surface area contributed by atoms with Crippen LogP contribution in [0, 0.1) is 6.92 Å². The van der Waals surface area contributed by atoms with Crippen molar-refractivity contribution in [2.24, 2.45) is 0 Å². The van der Waals surface area contributed by atoms with Crippen molar-refractivity contribution in [1.29, 1.82) is 0 Å². The molecule has 4 aromatic carbocycles. The number of nitrogens with zero attached hydrogens (tertiary/aromatic N) is 2. The van der Waals surface area contributed by atoms with Gasteiger partial charge in [-0.2, -0.15) is 0 Å². The van der Waals surface area contributed by atoms with Crippen molar-refractivity contribution >= 4 is 39.1 Å². The first-order chi connectivity index (χ1) is 20.6. The third-order valence-corrected chi connectivity index (χ3v) is 9.11. The number of methoxy groups -OCH3 is 1. The Labute approximate surface area is 257 Å². The highest BCUT2D eigenvalue weighted by Crippen LogP contribution is 2.31. The second kappa shape index (κ2) is 14.2. The van der Waals surface area contributed by atoms with Crippen LogP contribution in [0.4, 0.5) is 5.69 Å². The maximum atomic E-state index is 14.3. The van der Waals surface area contributed by atoms with Crippen molar-refractivity contribution in [3.8, 4) is 5.75 Å². The van der Waals surface area contributed by atoms with E-state index in [2.05, 4.69) is 5.32 Å². The number of amides is 2. The average molecular weight is 620 g/mol. The summed E-state index contributed by atoms with van der Waals surface area (Å²) in [5.41, 5.74) is 2.59. The van der Waals surface area contributed by atoms with Gasteiger partial charge in [-0.3, -0.25) is 13.9 Å². The van der Waals surface area contributed by atoms with Crippen molar-refractivity contribution in [2.75, 3.05) is 25.0 Å². The van der Waals surface area contributed by atoms with Crippen molar-refractivity contribution in [2.45, 2.75) is 30.8 Å². The molecule has 0 radical (unpaired) electrons. The summed E-state index contributed by atoms with van der Waals surface area (Å²) in [6, 6.07) is 28.4. The molecular formula is C33H34ClN3O5S. The number of hydrogen-bond acceptors (Lipinski definition) is 5. The lowest BCUT2D eigenvalue weighted by molar-refractivity contribution is -0.139. The van der Waals surface area contributed by atoms with E-state index in [0.717, 1.165) is 15.4 Å². The van der Waals surface area contributed by atoms with Gasteiger partial charge in [0.2, 0.25) is 11.8 Å². The summed E-state index contributed by atoms with van der Waals surface area (Å²) < 4.78 is 34.5. The van der Waals surface area contributed by atoms with Crippen LogP contribution in [0.15, 0.2) is 108 Å². The number of rotatable bonds is 12. The molecule has 0 saturated carbocycles. The molecule has 1 atom stereocenters. The van der Waals surface area contributed by atoms with Gasteiger partial charge in [-0.25, -0.2) is 8.42 Å². The van der Waals surface area contributed by atoms with E-state index in [1.54, 1.807) is 61.7 Å². The molecule has 43 heavy (non-hydrogen) atoms. The standard InChI is InChI=1S/C33H34ClN3O5S/c1-24-16-18-28(19-17-24)43(40,41)37(30-15-8-7-14-29(30)34)23-32(38)36(22-26-12-9-13-27(20-26)42-3)31(33(39)35-2)21-25-10-5-4-6-11-25/h4-20,31H,21-23H2,1-3H3,(H,35,39)/t31-/m0/s1. The van der Waals surface area contributed by atoms with Gasteiger partial charge < -0.3 is 15.0 Å². The number of para-hydroxylation sites is 1. The molecule has 0 aromatic heterocycles. The van der Waals surface area contributed by atoms with Crippen LogP contribution in [-0.2, 0) is 32.6 Å². The van der Waals surface area contributed by atoms with Crippen molar-refractivity contribution in [1.82, 2.24) is 10.2 Å². The normalized spacial score (nSPS) is 11.8. The van der Waals surface area contributed by atoms with Crippen LogP contribution in [0.3, 0.4) is 0 Å². The number of nitrogens with one attached hydrogen (secondary N) is 1. The molecule has 0 saturated heterocycles. The fourth-order valence-corrected chi connectivity index (χ4v) is 6.41. The SMILES string of the molecule is CNC(=O)[C@H](Cc1ccccc1)N(Cc1cccc(OC)c1)C(=O)CN(c1ccccc1Cl)S(=O)(=O)c1ccc(C)cc1. The Bertz CT molecular complexity index is 1660. The Balaban J connectivity index is 1.80. The summed E-state index contributed by atoms with van der Waals surface area (Å²) in [6.45, 7) is 1.29. The summed E-state index contributed by atoms with van der Waals surface area (Å²) in [6.07, 6.45) is 0.215. The molecule has 0 spiro atoms. The molecule has 4 rings (SSSR count). The van der Waals surface area contributed by atoms with E-state index in [4.69, 9.17) is 16.3 Å². The molecule has 4 aromatic rings. The van der Waals surface area contributed by atoms with Gasteiger partial charge in [0.15, 0.2) is 0 Å². The van der Waals surface area contributed by atoms with E-state index in [-0.39, 0.29) is 34.5 Å². The first-order valence-electron chi connectivity index (χ1n) is 13.7. The minimum Gasteiger partial charge on any atom is -0.497 e. The van der Waals surface area contributed by atoms with Crippen molar-refractivity contribution in [3.63, 3.8) is 0 Å². The lowest BCUT2D eigenvalue weighted by Gasteiger charge is -2.33. The van der Waals surface area contributed by atoms with Crippen LogP contribution < -0.4 is 14.4 Å². The summed E-state index contributed by atoms with van der Waals surface area (Å²) in [7, 11) is -1.18. The summed E-state index contributed by atoms with van der Waals surface area (Å²) in [5, 5.41) is 2.84. The minimum atomic E-state index is -4.24. The number of carbonyl (C=O) groups is 2. The van der Waals surface area contributed by atoms with Crippen LogP contribution in [0.25, 0.3) is 0 Å². The molecule has 0 aliphatic carbocycles. The Morgan fingerprint density at radius 3 is 2.19 bits per heavy atom. The first kappa shape index (κ1) is 31.6. The van der Waals surface area contributed by atoms with Gasteiger partial charge in [0, 0.05) is 20.0 Å². The second-order valence-electron chi connectivity index (χ2n) is 9.97. The molecule has 0 bridgehead atoms. The van der Waals surface area contributed by atoms with E-state index in [0.29, 0.717) is 11.3 Å². The zero-order valence-corrected chi connectivity index (χ0v) is 25.8. The van der Waals surface area contributed by atoms with E-state index in [1.807, 2.05) is 43.3 Å². The van der Waals surface area contributed by atoms with Crippen molar-refractivity contribution < 1.29 is 22.7 Å². The highest BCUT2D eigenvalue weighted by atomic mass is 35.5. The van der Waals surface area contributed by atoms with Gasteiger partial charge in [0.1, 0.15) is 18.3 Å². The third kappa shape index (κ3) is 7.74. The number of aryl methyl sites for hydroxylation is 1. The molecule has 0 aliphatic heterocycles. The van der Waals surface area contributed by atoms with Gasteiger partial charge in [0.05, 0.1) is 22.7 Å². The quantitative estimate of drug-likeness (QED) is 0.234. The Kier molecular flexibility index (Phi) is 10.4. The number of carbonyl (C=O) groups excluding carboxylic acids is 2. The Morgan fingerprint density at radius 2 is 1.53 bits per heavy atom. The number of likely N-dealkylation sites (N-methyl/N-ethyl adjacent to an activating group) is 1. The van der Waals surface area contributed by atoms with Crippen molar-refractivity contribution in [3.05, 3.63) is 125 Å². The average Bonchev–Trinajstić information content (AvgIpc) is 3.02. The number of ether oxygens (including phenoxy) is 1. The maximum absolute atomic E-state index is 14.3. The first-order valence-corrected chi connectivity index (χ1v) is 15.5. The molecule has 0 aliphatic rings. The predicted octanol–water partition coefficient (Wildman–Crippen LogP) is 5.24. The molecule has 2 amide bonds. The molecule has 0 heterocycles. The van der Waals surface area contributed by atoms with Crippen LogP contribution in [0.5, 0.6) is 5.75 Å². The summed E-state index contributed by atoms with van der Waals surface area (Å²) in [5.74, 6) is -0.377. The number of hydrogen-bond donors (Lipinski definition) is 1. The van der Waals surface area contributed by atoms with E-state index < -0.39 is 28.5 Å². The van der Waals surface area contributed by atoms with Crippen LogP contribution in [0.1, 0.15) is 16.7 Å². The molecule has 10 heteroatoms. The van der Waals surface area contributed by atoms with E-state index in [1.165, 1.54) is 24.1 Å². The van der Waals surface area contributed by atoms with Crippen LogP contribution in [0.2, 0.25) is 5.02 Å². The largest absolute Gasteiger partial charge is 0.497 e. The lowest BCUT2D eigenvalue weighted by atomic mass is 10.0. The zero-order chi connectivity index (χ0) is 31.0. The topological polar surface area (TPSA) is 96.0 Å². The minimum absolute atomic E-state index is 0.0114. The van der Waals surface area contributed by atoms with Gasteiger partial charge in [-0.05, 0) is 54.4 Å². The monoisotopic (exact) mass is 619 g/mol. The number of halogens is 1. The van der Waals surface area contributed by atoms with Gasteiger partial charge >= 0.3 is 0 Å². The summed E-state index contributed by atoms with van der Waals surface area (Å²) >= 11 is 6.50. The van der Waals surface area contributed by atoms with E-state index >= 15 is 0 Å². The highest BCUT2D eigenvalue weighted by Gasteiger charge is 2.35. The fraction of sp³-hybridized carbons (Fsp3) is 0.212. The number of sulfonamides is 1. The smallest absolute Gasteiger partial charge is 0.264 e. The second-order valence-corrected chi connectivity index (χ2v) is 12.2. The van der Waals surface area contributed by atoms with Gasteiger partial charge in [-0.15, -0.1) is 0 Å². The molecule has 1 N–H and O–H groups in total. The maximum Gasteiger partial charge on any atom is 0.264 e. The predicted molar refractivity (Wildman–Crippen MR) is 169 cm³/mol. The Hall–Kier alpha value is -4.34. The third-order valence-electron chi connectivity index (χ3n) is 7.01. The number of benzene rings is 4. The Morgan fingerprint density at radius 1 is 0.884 bits per heavy atom. The van der Waals surface area contributed by atoms with Gasteiger partial charge in [-0.1, -0.05) is 83.9 Å². The zero-order valence-electron chi connectivity index (χ0n) is 24.2. The molecular weight excluding hydrogens is 586 g/mol. The van der Waals surface area contributed by atoms with Crippen LogP contribution in [-0.4, -0.2) is 51.9 Å². The fourth-order valence-electron chi connectivity index (χ4n) is 4.69. The lowest BCUT2D eigenvalue weighted by Crippen LogP contribution is -2.53.